The van der Waals surface area contributed by atoms with Crippen LogP contribution in [0, 0.1) is 5.82 Å². The number of hydrogen-bond donors (Lipinski definition) is 1. The summed E-state index contributed by atoms with van der Waals surface area (Å²) in [4.78, 5) is 12.3. The summed E-state index contributed by atoms with van der Waals surface area (Å²) in [6.07, 6.45) is 0. The number of halogens is 1. The van der Waals surface area contributed by atoms with Crippen LogP contribution in [0.5, 0.6) is 17.2 Å². The molecule has 0 saturated carbocycles. The van der Waals surface area contributed by atoms with E-state index in [0.29, 0.717) is 16.9 Å². The van der Waals surface area contributed by atoms with Crippen LogP contribution in [-0.4, -0.2) is 5.11 Å². The lowest BCUT2D eigenvalue weighted by Gasteiger charge is -2.10. The molecule has 0 aliphatic rings. The molecule has 5 heteroatoms. The first-order valence-electron chi connectivity index (χ1n) is 7.91. The lowest BCUT2D eigenvalue weighted by atomic mass is 10.1. The number of rotatable bonds is 3. The fraction of sp³-hybridized carbons (Fsp3) is 0. The molecule has 0 radical (unpaired) electrons. The minimum atomic E-state index is -0.569. The van der Waals surface area contributed by atoms with Gasteiger partial charge < -0.3 is 14.3 Å². The van der Waals surface area contributed by atoms with E-state index in [1.165, 1.54) is 18.2 Å². The van der Waals surface area contributed by atoms with Crippen molar-refractivity contribution in [2.24, 2.45) is 0 Å². The van der Waals surface area contributed by atoms with Gasteiger partial charge in [-0.1, -0.05) is 30.3 Å². The molecule has 0 spiro atoms. The van der Waals surface area contributed by atoms with Gasteiger partial charge in [-0.2, -0.15) is 0 Å². The fourth-order valence-electron chi connectivity index (χ4n) is 2.67. The second kappa shape index (κ2) is 6.37. The zero-order valence-electron chi connectivity index (χ0n) is 13.5. The molecule has 0 atom stereocenters. The Hall–Kier alpha value is -3.60. The van der Waals surface area contributed by atoms with Crippen LogP contribution in [-0.2, 0) is 0 Å². The summed E-state index contributed by atoms with van der Waals surface area (Å²) in [5.74, 6) is -0.704. The molecule has 128 valence electrons. The summed E-state index contributed by atoms with van der Waals surface area (Å²) in [7, 11) is 0. The predicted octanol–water partition coefficient (Wildman–Crippen LogP) is 5.10. The Morgan fingerprint density at radius 3 is 2.46 bits per heavy atom. The molecule has 4 rings (SSSR count). The number of ether oxygens (including phenoxy) is 1. The van der Waals surface area contributed by atoms with Crippen LogP contribution in [0.15, 0.2) is 82.0 Å². The van der Waals surface area contributed by atoms with Gasteiger partial charge in [0.1, 0.15) is 11.3 Å². The summed E-state index contributed by atoms with van der Waals surface area (Å²) < 4.78 is 25.4. The largest absolute Gasteiger partial charge is 0.502 e. The Bertz CT molecular complexity index is 1150. The van der Waals surface area contributed by atoms with Gasteiger partial charge >= 0.3 is 0 Å². The number of fused-ring (bicyclic) bond motifs is 1. The molecular weight excluding hydrogens is 335 g/mol. The van der Waals surface area contributed by atoms with Crippen molar-refractivity contribution in [3.05, 3.63) is 88.8 Å². The molecule has 0 aliphatic heterocycles. The Balaban J connectivity index is 1.84. The molecule has 0 saturated heterocycles. The second-order valence-electron chi connectivity index (χ2n) is 5.67. The van der Waals surface area contributed by atoms with E-state index >= 15 is 0 Å². The predicted molar refractivity (Wildman–Crippen MR) is 96.1 cm³/mol. The van der Waals surface area contributed by atoms with Gasteiger partial charge in [0.15, 0.2) is 17.3 Å². The lowest BCUT2D eigenvalue weighted by molar-refractivity contribution is 0.440. The first kappa shape index (κ1) is 15.9. The zero-order valence-corrected chi connectivity index (χ0v) is 13.5. The summed E-state index contributed by atoms with van der Waals surface area (Å²) >= 11 is 0. The van der Waals surface area contributed by atoms with E-state index < -0.39 is 17.0 Å². The third-order valence-corrected chi connectivity index (χ3v) is 3.94. The van der Waals surface area contributed by atoms with E-state index in [0.717, 1.165) is 0 Å². The van der Waals surface area contributed by atoms with Crippen LogP contribution in [0.2, 0.25) is 0 Å². The van der Waals surface area contributed by atoms with Crippen LogP contribution in [0.25, 0.3) is 22.3 Å². The summed E-state index contributed by atoms with van der Waals surface area (Å²) in [6.45, 7) is 0. The lowest BCUT2D eigenvalue weighted by Crippen LogP contribution is -2.02. The Labute approximate surface area is 147 Å². The minimum absolute atomic E-state index is 0.0355. The van der Waals surface area contributed by atoms with Crippen LogP contribution in [0.3, 0.4) is 0 Å². The van der Waals surface area contributed by atoms with Crippen LogP contribution in [0.1, 0.15) is 0 Å². The fourth-order valence-corrected chi connectivity index (χ4v) is 2.67. The van der Waals surface area contributed by atoms with Crippen molar-refractivity contribution >= 4 is 11.0 Å². The molecule has 4 nitrogen and oxygen atoms in total. The number of para-hydroxylation sites is 2. The highest BCUT2D eigenvalue weighted by molar-refractivity contribution is 5.81. The summed E-state index contributed by atoms with van der Waals surface area (Å²) in [6, 6.07) is 19.3. The van der Waals surface area contributed by atoms with Gasteiger partial charge in [0.2, 0.25) is 11.2 Å². The number of aromatic hydroxyl groups is 1. The van der Waals surface area contributed by atoms with Gasteiger partial charge in [0.05, 0.1) is 5.39 Å². The van der Waals surface area contributed by atoms with Crippen molar-refractivity contribution in [3.63, 3.8) is 0 Å². The average Bonchev–Trinajstić information content (AvgIpc) is 2.67. The first-order valence-corrected chi connectivity index (χ1v) is 7.91. The molecule has 0 aliphatic carbocycles. The van der Waals surface area contributed by atoms with Gasteiger partial charge in [-0.05, 0) is 42.5 Å². The highest BCUT2D eigenvalue weighted by atomic mass is 19.1. The van der Waals surface area contributed by atoms with Crippen LogP contribution in [0.4, 0.5) is 4.39 Å². The van der Waals surface area contributed by atoms with Crippen LogP contribution >= 0.6 is 0 Å². The molecule has 0 fully saturated rings. The quantitative estimate of drug-likeness (QED) is 0.560. The van der Waals surface area contributed by atoms with Crippen molar-refractivity contribution in [2.75, 3.05) is 0 Å². The normalized spacial score (nSPS) is 10.8. The van der Waals surface area contributed by atoms with E-state index in [4.69, 9.17) is 9.15 Å². The highest BCUT2D eigenvalue weighted by Gasteiger charge is 2.17. The first-order chi connectivity index (χ1) is 12.6. The highest BCUT2D eigenvalue weighted by Crippen LogP contribution is 2.34. The SMILES string of the molecule is O=c1c(O)c(-c2ccc(F)c(Oc3ccccc3)c2)oc2ccccc12. The molecule has 1 aromatic heterocycles. The average molecular weight is 348 g/mol. The van der Waals surface area contributed by atoms with E-state index in [-0.39, 0.29) is 16.9 Å². The minimum Gasteiger partial charge on any atom is -0.502 e. The zero-order chi connectivity index (χ0) is 18.1. The third kappa shape index (κ3) is 2.80. The van der Waals surface area contributed by atoms with E-state index in [9.17, 15) is 14.3 Å². The van der Waals surface area contributed by atoms with Crippen molar-refractivity contribution in [1.82, 2.24) is 0 Å². The third-order valence-electron chi connectivity index (χ3n) is 3.94. The number of benzene rings is 3. The van der Waals surface area contributed by atoms with Gasteiger partial charge in [-0.3, -0.25) is 4.79 Å². The summed E-state index contributed by atoms with van der Waals surface area (Å²) in [5.41, 5.74) is 0.120. The smallest absolute Gasteiger partial charge is 0.235 e. The van der Waals surface area contributed by atoms with E-state index in [1.807, 2.05) is 6.07 Å². The van der Waals surface area contributed by atoms with Crippen molar-refractivity contribution in [2.45, 2.75) is 0 Å². The standard InChI is InChI=1S/C21H13FO4/c22-16-11-10-13(12-18(16)25-14-6-2-1-3-7-14)21-20(24)19(23)15-8-4-5-9-17(15)26-21/h1-12,24H. The molecular formula is C21H13FO4. The monoisotopic (exact) mass is 348 g/mol. The van der Waals surface area contributed by atoms with E-state index in [1.54, 1.807) is 48.5 Å². The van der Waals surface area contributed by atoms with Crippen LogP contribution < -0.4 is 10.2 Å². The molecule has 4 aromatic rings. The Morgan fingerprint density at radius 2 is 1.65 bits per heavy atom. The van der Waals surface area contributed by atoms with Crippen molar-refractivity contribution < 1.29 is 18.7 Å². The van der Waals surface area contributed by atoms with Gasteiger partial charge in [0.25, 0.3) is 0 Å². The molecule has 0 unspecified atom stereocenters. The Morgan fingerprint density at radius 1 is 0.923 bits per heavy atom. The maximum Gasteiger partial charge on any atom is 0.235 e. The molecule has 1 N–H and O–H groups in total. The number of hydrogen-bond acceptors (Lipinski definition) is 4. The maximum atomic E-state index is 14.1. The molecule has 3 aromatic carbocycles. The van der Waals surface area contributed by atoms with Gasteiger partial charge in [0, 0.05) is 5.56 Å². The Kier molecular flexibility index (Phi) is 3.89. The molecule has 1 heterocycles. The topological polar surface area (TPSA) is 59.7 Å². The van der Waals surface area contributed by atoms with Crippen molar-refractivity contribution in [3.8, 4) is 28.6 Å². The molecule has 26 heavy (non-hydrogen) atoms. The molecule has 0 amide bonds. The van der Waals surface area contributed by atoms with E-state index in [2.05, 4.69) is 0 Å². The molecule has 0 bridgehead atoms. The van der Waals surface area contributed by atoms with Gasteiger partial charge in [-0.15, -0.1) is 0 Å². The van der Waals surface area contributed by atoms with Gasteiger partial charge in [-0.25, -0.2) is 4.39 Å². The second-order valence-corrected chi connectivity index (χ2v) is 5.67. The van der Waals surface area contributed by atoms with Crippen molar-refractivity contribution in [1.29, 1.82) is 0 Å². The summed E-state index contributed by atoms with van der Waals surface area (Å²) in [5, 5.41) is 10.5. The maximum absolute atomic E-state index is 14.1.